The van der Waals surface area contributed by atoms with E-state index in [9.17, 15) is 9.59 Å². The number of anilines is 2. The van der Waals surface area contributed by atoms with Crippen molar-refractivity contribution in [2.45, 2.75) is 32.4 Å². The molecule has 0 unspecified atom stereocenters. The number of hydrogen-bond donors (Lipinski definition) is 3. The summed E-state index contributed by atoms with van der Waals surface area (Å²) >= 11 is 0. The molecule has 0 saturated heterocycles. The van der Waals surface area contributed by atoms with Crippen molar-refractivity contribution >= 4 is 23.3 Å². The average molecular weight is 313 g/mol. The number of hydrogen-bond acceptors (Lipinski definition) is 3. The van der Waals surface area contributed by atoms with Gasteiger partial charge in [-0.1, -0.05) is 6.07 Å². The predicted molar refractivity (Wildman–Crippen MR) is 87.2 cm³/mol. The Balaban J connectivity index is 1.55. The molecule has 0 atom stereocenters. The van der Waals surface area contributed by atoms with Crippen molar-refractivity contribution in [3.8, 4) is 0 Å². The Morgan fingerprint density at radius 2 is 2.00 bits per heavy atom. The second kappa shape index (κ2) is 6.51. The first-order valence-corrected chi connectivity index (χ1v) is 7.55. The molecule has 0 spiro atoms. The second-order valence-corrected chi connectivity index (χ2v) is 5.72. The highest BCUT2D eigenvalue weighted by molar-refractivity contribution is 5.93. The lowest BCUT2D eigenvalue weighted by atomic mass is 10.2. The van der Waals surface area contributed by atoms with Crippen LogP contribution in [-0.2, 0) is 11.3 Å². The molecule has 2 aromatic rings. The zero-order valence-corrected chi connectivity index (χ0v) is 12.9. The first-order chi connectivity index (χ1) is 11.1. The number of aromatic nitrogens is 2. The van der Waals surface area contributed by atoms with Crippen molar-refractivity contribution in [3.05, 3.63) is 42.2 Å². The van der Waals surface area contributed by atoms with Crippen LogP contribution in [0.5, 0.6) is 0 Å². The summed E-state index contributed by atoms with van der Waals surface area (Å²) in [7, 11) is 0. The summed E-state index contributed by atoms with van der Waals surface area (Å²) in [5, 5.41) is 12.5. The summed E-state index contributed by atoms with van der Waals surface area (Å²) in [6, 6.07) is 7.13. The van der Waals surface area contributed by atoms with Crippen LogP contribution in [0.3, 0.4) is 0 Å². The van der Waals surface area contributed by atoms with Crippen LogP contribution in [0, 0.1) is 6.92 Å². The van der Waals surface area contributed by atoms with Gasteiger partial charge in [0.25, 0.3) is 0 Å². The summed E-state index contributed by atoms with van der Waals surface area (Å²) in [4.78, 5) is 23.7. The number of carbonyl (C=O) groups excluding carboxylic acids is 2. The number of benzene rings is 1. The maximum atomic E-state index is 12.0. The van der Waals surface area contributed by atoms with Crippen molar-refractivity contribution in [2.75, 3.05) is 10.6 Å². The Kier molecular flexibility index (Phi) is 4.27. The van der Waals surface area contributed by atoms with Gasteiger partial charge in [-0.15, -0.1) is 0 Å². The van der Waals surface area contributed by atoms with E-state index in [0.29, 0.717) is 17.4 Å². The number of carbonyl (C=O) groups is 2. The van der Waals surface area contributed by atoms with Crippen LogP contribution in [0.1, 0.15) is 18.4 Å². The van der Waals surface area contributed by atoms with Gasteiger partial charge in [0.05, 0.1) is 6.20 Å². The van der Waals surface area contributed by atoms with Gasteiger partial charge in [-0.25, -0.2) is 4.79 Å². The van der Waals surface area contributed by atoms with Gasteiger partial charge in [-0.2, -0.15) is 5.10 Å². The summed E-state index contributed by atoms with van der Waals surface area (Å²) < 4.78 is 1.58. The zero-order chi connectivity index (χ0) is 16.2. The molecule has 120 valence electrons. The molecule has 0 radical (unpaired) electrons. The third-order valence-electron chi connectivity index (χ3n) is 3.38. The lowest BCUT2D eigenvalue weighted by Crippen LogP contribution is -2.30. The Morgan fingerprint density at radius 3 is 2.65 bits per heavy atom. The molecule has 7 nitrogen and oxygen atoms in total. The molecular formula is C16H19N5O2. The third kappa shape index (κ3) is 4.57. The zero-order valence-electron chi connectivity index (χ0n) is 12.9. The number of nitrogens with one attached hydrogen (secondary N) is 3. The van der Waals surface area contributed by atoms with Gasteiger partial charge in [-0.3, -0.25) is 9.48 Å². The standard InChI is InChI=1S/C16H19N5O2/c1-11-8-17-21(9-11)10-15(22)18-13-3-2-4-14(7-13)20-16(23)19-12-5-6-12/h2-4,7-9,12H,5-6,10H2,1H3,(H,18,22)(H2,19,20,23). The Bertz CT molecular complexity index is 721. The molecule has 3 rings (SSSR count). The van der Waals surface area contributed by atoms with Gasteiger partial charge < -0.3 is 16.0 Å². The van der Waals surface area contributed by atoms with E-state index in [1.54, 1.807) is 41.3 Å². The van der Waals surface area contributed by atoms with E-state index in [-0.39, 0.29) is 18.5 Å². The van der Waals surface area contributed by atoms with Crippen LogP contribution >= 0.6 is 0 Å². The van der Waals surface area contributed by atoms with Crippen molar-refractivity contribution in [1.29, 1.82) is 0 Å². The maximum absolute atomic E-state index is 12.0. The molecule has 3 N–H and O–H groups in total. The van der Waals surface area contributed by atoms with Crippen LogP contribution in [0.2, 0.25) is 0 Å². The highest BCUT2D eigenvalue weighted by atomic mass is 16.2. The van der Waals surface area contributed by atoms with E-state index >= 15 is 0 Å². The molecule has 1 fully saturated rings. The minimum Gasteiger partial charge on any atom is -0.335 e. The second-order valence-electron chi connectivity index (χ2n) is 5.72. The molecule has 1 aliphatic rings. The summed E-state index contributed by atoms with van der Waals surface area (Å²) in [5.41, 5.74) is 2.27. The average Bonchev–Trinajstić information content (AvgIpc) is 3.20. The highest BCUT2D eigenvalue weighted by Gasteiger charge is 2.23. The van der Waals surface area contributed by atoms with E-state index < -0.39 is 0 Å². The van der Waals surface area contributed by atoms with Crippen LogP contribution in [0.4, 0.5) is 16.2 Å². The molecule has 0 aliphatic heterocycles. The topological polar surface area (TPSA) is 88.1 Å². The minimum atomic E-state index is -0.219. The molecule has 3 amide bonds. The number of nitrogens with zero attached hydrogens (tertiary/aromatic N) is 2. The lowest BCUT2D eigenvalue weighted by molar-refractivity contribution is -0.116. The fourth-order valence-corrected chi connectivity index (χ4v) is 2.16. The molecule has 1 saturated carbocycles. The molecular weight excluding hydrogens is 294 g/mol. The monoisotopic (exact) mass is 313 g/mol. The third-order valence-corrected chi connectivity index (χ3v) is 3.38. The number of rotatable bonds is 5. The predicted octanol–water partition coefficient (Wildman–Crippen LogP) is 2.11. The number of amides is 3. The van der Waals surface area contributed by atoms with Crippen molar-refractivity contribution in [2.24, 2.45) is 0 Å². The SMILES string of the molecule is Cc1cnn(CC(=O)Nc2cccc(NC(=O)NC3CC3)c2)c1. The largest absolute Gasteiger partial charge is 0.335 e. The molecule has 1 aromatic heterocycles. The van der Waals surface area contributed by atoms with E-state index in [0.717, 1.165) is 18.4 Å². The minimum absolute atomic E-state index is 0.146. The van der Waals surface area contributed by atoms with Crippen LogP contribution in [-0.4, -0.2) is 27.8 Å². The smallest absolute Gasteiger partial charge is 0.319 e. The molecule has 1 heterocycles. The van der Waals surface area contributed by atoms with Crippen LogP contribution in [0.15, 0.2) is 36.7 Å². The van der Waals surface area contributed by atoms with Crippen molar-refractivity contribution in [1.82, 2.24) is 15.1 Å². The van der Waals surface area contributed by atoms with Gasteiger partial charge in [0, 0.05) is 23.6 Å². The molecule has 0 bridgehead atoms. The molecule has 1 aromatic carbocycles. The first kappa shape index (κ1) is 15.1. The summed E-state index contributed by atoms with van der Waals surface area (Å²) in [6.45, 7) is 2.07. The quantitative estimate of drug-likeness (QED) is 0.790. The van der Waals surface area contributed by atoms with Gasteiger partial charge in [0.15, 0.2) is 0 Å². The van der Waals surface area contributed by atoms with E-state index in [1.165, 1.54) is 0 Å². The lowest BCUT2D eigenvalue weighted by Gasteiger charge is -2.09. The number of aryl methyl sites for hydroxylation is 1. The fourth-order valence-electron chi connectivity index (χ4n) is 2.16. The summed E-state index contributed by atoms with van der Waals surface area (Å²) in [6.07, 6.45) is 5.59. The molecule has 1 aliphatic carbocycles. The van der Waals surface area contributed by atoms with Crippen molar-refractivity contribution < 1.29 is 9.59 Å². The van der Waals surface area contributed by atoms with Crippen LogP contribution < -0.4 is 16.0 Å². The Morgan fingerprint density at radius 1 is 1.26 bits per heavy atom. The number of urea groups is 1. The summed E-state index contributed by atoms with van der Waals surface area (Å²) in [5.74, 6) is -0.173. The highest BCUT2D eigenvalue weighted by Crippen LogP contribution is 2.19. The Labute approximate surface area is 134 Å². The van der Waals surface area contributed by atoms with E-state index in [4.69, 9.17) is 0 Å². The molecule has 23 heavy (non-hydrogen) atoms. The van der Waals surface area contributed by atoms with Gasteiger partial charge in [-0.05, 0) is 43.5 Å². The molecule has 7 heteroatoms. The van der Waals surface area contributed by atoms with Gasteiger partial charge in [0.2, 0.25) is 5.91 Å². The van der Waals surface area contributed by atoms with Crippen LogP contribution in [0.25, 0.3) is 0 Å². The first-order valence-electron chi connectivity index (χ1n) is 7.55. The fraction of sp³-hybridized carbons (Fsp3) is 0.312. The van der Waals surface area contributed by atoms with E-state index in [1.807, 2.05) is 6.92 Å². The van der Waals surface area contributed by atoms with Gasteiger partial charge in [0.1, 0.15) is 6.54 Å². The van der Waals surface area contributed by atoms with Crippen molar-refractivity contribution in [3.63, 3.8) is 0 Å². The maximum Gasteiger partial charge on any atom is 0.319 e. The van der Waals surface area contributed by atoms with E-state index in [2.05, 4.69) is 21.0 Å². The van der Waals surface area contributed by atoms with Gasteiger partial charge >= 0.3 is 6.03 Å². The normalized spacial score (nSPS) is 13.4. The Hall–Kier alpha value is -2.83.